The Balaban J connectivity index is 2.01. The Labute approximate surface area is 96.5 Å². The summed E-state index contributed by atoms with van der Waals surface area (Å²) in [5.74, 6) is -1.01. The fraction of sp³-hybridized carbons (Fsp3) is 0.556. The minimum absolute atomic E-state index is 0.00262. The number of primary amides is 1. The van der Waals surface area contributed by atoms with E-state index in [1.165, 1.54) is 0 Å². The van der Waals surface area contributed by atoms with Gasteiger partial charge in [-0.3, -0.25) is 19.8 Å². The highest BCUT2D eigenvalue weighted by Gasteiger charge is 2.61. The lowest BCUT2D eigenvalue weighted by molar-refractivity contribution is -0.144. The van der Waals surface area contributed by atoms with Gasteiger partial charge >= 0.3 is 12.1 Å². The van der Waals surface area contributed by atoms with Gasteiger partial charge in [0, 0.05) is 13.1 Å². The van der Waals surface area contributed by atoms with Gasteiger partial charge in [0.05, 0.1) is 0 Å². The van der Waals surface area contributed by atoms with Crippen LogP contribution in [0.1, 0.15) is 12.8 Å². The van der Waals surface area contributed by atoms with Crippen molar-refractivity contribution >= 4 is 23.9 Å². The van der Waals surface area contributed by atoms with Crippen molar-refractivity contribution in [1.82, 2.24) is 15.5 Å². The molecule has 0 unspecified atom stereocenters. The van der Waals surface area contributed by atoms with Gasteiger partial charge in [-0.25, -0.2) is 9.59 Å². The summed E-state index contributed by atoms with van der Waals surface area (Å²) in [6.07, 6.45) is 0.926. The molecule has 1 aliphatic heterocycles. The summed E-state index contributed by atoms with van der Waals surface area (Å²) in [4.78, 5) is 46.2. The number of hydrogen-bond acceptors (Lipinski definition) is 4. The Hall–Kier alpha value is -2.12. The first kappa shape index (κ1) is 11.4. The van der Waals surface area contributed by atoms with Gasteiger partial charge in [-0.05, 0) is 12.8 Å². The van der Waals surface area contributed by atoms with Crippen molar-refractivity contribution in [3.8, 4) is 0 Å². The standard InChI is InChI=1S/C9H12N4O4/c10-7(16)11-3-4-13-6(15)9(1-2-9)5(14)12-8(13)17/h1-4H2,(H3,10,11,16)(H,12,14,17). The van der Waals surface area contributed by atoms with Crippen LogP contribution in [0, 0.1) is 5.41 Å². The van der Waals surface area contributed by atoms with E-state index in [1.807, 2.05) is 0 Å². The van der Waals surface area contributed by atoms with E-state index in [4.69, 9.17) is 5.73 Å². The molecule has 0 aromatic heterocycles. The van der Waals surface area contributed by atoms with Crippen LogP contribution in [0.15, 0.2) is 0 Å². The molecular weight excluding hydrogens is 228 g/mol. The van der Waals surface area contributed by atoms with Gasteiger partial charge < -0.3 is 11.1 Å². The average molecular weight is 240 g/mol. The molecule has 0 aromatic rings. The summed E-state index contributed by atoms with van der Waals surface area (Å²) in [6.45, 7) is 0.0708. The van der Waals surface area contributed by atoms with Gasteiger partial charge in [0.1, 0.15) is 5.41 Å². The van der Waals surface area contributed by atoms with E-state index < -0.39 is 29.3 Å². The maximum absolute atomic E-state index is 11.9. The molecule has 0 bridgehead atoms. The van der Waals surface area contributed by atoms with Crippen molar-refractivity contribution in [3.05, 3.63) is 0 Å². The molecule has 0 atom stereocenters. The van der Waals surface area contributed by atoms with Crippen LogP contribution in [-0.2, 0) is 9.59 Å². The number of rotatable bonds is 3. The van der Waals surface area contributed by atoms with Crippen LogP contribution >= 0.6 is 0 Å². The van der Waals surface area contributed by atoms with Crippen molar-refractivity contribution in [2.45, 2.75) is 12.8 Å². The highest BCUT2D eigenvalue weighted by molar-refractivity contribution is 6.20. The zero-order valence-electron chi connectivity index (χ0n) is 8.99. The Kier molecular flexibility index (Phi) is 2.49. The fourth-order valence-electron chi connectivity index (χ4n) is 1.79. The van der Waals surface area contributed by atoms with Gasteiger partial charge in [-0.15, -0.1) is 0 Å². The summed E-state index contributed by atoms with van der Waals surface area (Å²) >= 11 is 0. The van der Waals surface area contributed by atoms with Crippen LogP contribution in [0.2, 0.25) is 0 Å². The van der Waals surface area contributed by atoms with Crippen molar-refractivity contribution in [2.24, 2.45) is 11.1 Å². The Morgan fingerprint density at radius 2 is 2.06 bits per heavy atom. The molecule has 1 spiro atoms. The number of carbonyl (C=O) groups excluding carboxylic acids is 4. The van der Waals surface area contributed by atoms with Gasteiger partial charge in [-0.2, -0.15) is 0 Å². The van der Waals surface area contributed by atoms with Gasteiger partial charge in [0.25, 0.3) is 0 Å². The molecule has 2 fully saturated rings. The van der Waals surface area contributed by atoms with E-state index in [0.717, 1.165) is 4.90 Å². The largest absolute Gasteiger partial charge is 0.352 e. The van der Waals surface area contributed by atoms with Crippen molar-refractivity contribution < 1.29 is 19.2 Å². The number of carbonyl (C=O) groups is 4. The molecule has 8 nitrogen and oxygen atoms in total. The first-order valence-corrected chi connectivity index (χ1v) is 5.18. The molecule has 6 amide bonds. The summed E-state index contributed by atoms with van der Waals surface area (Å²) in [5, 5.41) is 4.41. The maximum Gasteiger partial charge on any atom is 0.330 e. The molecule has 92 valence electrons. The summed E-state index contributed by atoms with van der Waals surface area (Å²) in [7, 11) is 0. The Bertz CT molecular complexity index is 415. The molecule has 1 aliphatic carbocycles. The second-order valence-electron chi connectivity index (χ2n) is 4.09. The molecule has 2 aliphatic rings. The highest BCUT2D eigenvalue weighted by Crippen LogP contribution is 2.48. The van der Waals surface area contributed by atoms with Crippen LogP contribution in [0.5, 0.6) is 0 Å². The lowest BCUT2D eigenvalue weighted by Crippen LogP contribution is -2.60. The highest BCUT2D eigenvalue weighted by atomic mass is 16.2. The zero-order chi connectivity index (χ0) is 12.6. The lowest BCUT2D eigenvalue weighted by atomic mass is 10.0. The van der Waals surface area contributed by atoms with E-state index in [0.29, 0.717) is 12.8 Å². The van der Waals surface area contributed by atoms with Crippen LogP contribution in [0.3, 0.4) is 0 Å². The number of nitrogens with two attached hydrogens (primary N) is 1. The number of amides is 6. The van der Waals surface area contributed by atoms with E-state index in [-0.39, 0.29) is 13.1 Å². The quantitative estimate of drug-likeness (QED) is 0.520. The second kappa shape index (κ2) is 3.72. The third-order valence-electron chi connectivity index (χ3n) is 2.94. The molecule has 8 heteroatoms. The Morgan fingerprint density at radius 3 is 2.59 bits per heavy atom. The fourth-order valence-corrected chi connectivity index (χ4v) is 1.79. The Morgan fingerprint density at radius 1 is 1.41 bits per heavy atom. The molecule has 4 N–H and O–H groups in total. The SMILES string of the molecule is NC(=O)NCCN1C(=O)NC(=O)C2(CC2)C1=O. The van der Waals surface area contributed by atoms with E-state index >= 15 is 0 Å². The molecule has 0 radical (unpaired) electrons. The van der Waals surface area contributed by atoms with E-state index in [9.17, 15) is 19.2 Å². The molecule has 17 heavy (non-hydrogen) atoms. The van der Waals surface area contributed by atoms with Crippen molar-refractivity contribution in [3.63, 3.8) is 0 Å². The number of nitrogens with zero attached hydrogens (tertiary/aromatic N) is 1. The number of urea groups is 2. The first-order chi connectivity index (χ1) is 7.97. The number of hydrogen-bond donors (Lipinski definition) is 3. The third kappa shape index (κ3) is 1.81. The maximum atomic E-state index is 11.9. The molecule has 0 aromatic carbocycles. The van der Waals surface area contributed by atoms with Crippen LogP contribution in [0.4, 0.5) is 9.59 Å². The van der Waals surface area contributed by atoms with E-state index in [2.05, 4.69) is 10.6 Å². The molecule has 1 saturated carbocycles. The molecule has 1 heterocycles. The smallest absolute Gasteiger partial charge is 0.330 e. The number of imide groups is 2. The summed E-state index contributed by atoms with van der Waals surface area (Å²) in [5.41, 5.74) is 3.82. The minimum atomic E-state index is -1.04. The third-order valence-corrected chi connectivity index (χ3v) is 2.94. The lowest BCUT2D eigenvalue weighted by Gasteiger charge is -2.30. The van der Waals surface area contributed by atoms with E-state index in [1.54, 1.807) is 0 Å². The molecule has 1 saturated heterocycles. The average Bonchev–Trinajstić information content (AvgIpc) is 3.02. The topological polar surface area (TPSA) is 122 Å². The first-order valence-electron chi connectivity index (χ1n) is 5.18. The number of barbiturate groups is 1. The molecular formula is C9H12N4O4. The second-order valence-corrected chi connectivity index (χ2v) is 4.09. The van der Waals surface area contributed by atoms with Crippen molar-refractivity contribution in [2.75, 3.05) is 13.1 Å². The van der Waals surface area contributed by atoms with Crippen molar-refractivity contribution in [1.29, 1.82) is 0 Å². The number of nitrogens with one attached hydrogen (secondary N) is 2. The van der Waals surface area contributed by atoms with Crippen LogP contribution < -0.4 is 16.4 Å². The van der Waals surface area contributed by atoms with Crippen LogP contribution in [0.25, 0.3) is 0 Å². The molecule has 2 rings (SSSR count). The van der Waals surface area contributed by atoms with Gasteiger partial charge in [0.15, 0.2) is 0 Å². The minimum Gasteiger partial charge on any atom is -0.352 e. The van der Waals surface area contributed by atoms with Crippen LogP contribution in [-0.4, -0.2) is 41.9 Å². The van der Waals surface area contributed by atoms with Gasteiger partial charge in [-0.1, -0.05) is 0 Å². The van der Waals surface area contributed by atoms with Gasteiger partial charge in [0.2, 0.25) is 11.8 Å². The summed E-state index contributed by atoms with van der Waals surface area (Å²) in [6, 6.07) is -1.48. The summed E-state index contributed by atoms with van der Waals surface area (Å²) < 4.78 is 0. The predicted octanol–water partition coefficient (Wildman–Crippen LogP) is -1.49. The normalized spacial score (nSPS) is 21.4. The zero-order valence-corrected chi connectivity index (χ0v) is 8.99. The monoisotopic (exact) mass is 240 g/mol. The predicted molar refractivity (Wildman–Crippen MR) is 54.5 cm³/mol.